The molecule has 4 aromatic rings. The standard InChI is InChI=1S/C23H19FIN3O4/c1-13-10-19(29)26(2)21-20(13)22(30)27(12-14-4-7-16(32-3)8-5-14)23(31)28(21)18-9-6-15(25)11-17(18)24/h4-11H,12H2,1-3H3. The van der Waals surface area contributed by atoms with E-state index in [9.17, 15) is 18.8 Å². The number of nitrogens with zero attached hydrogens (tertiary/aromatic N) is 3. The Balaban J connectivity index is 2.11. The summed E-state index contributed by atoms with van der Waals surface area (Å²) in [4.78, 5) is 39.4. The van der Waals surface area contributed by atoms with Gasteiger partial charge in [0.15, 0.2) is 0 Å². The lowest BCUT2D eigenvalue weighted by atomic mass is 10.1. The van der Waals surface area contributed by atoms with Crippen molar-refractivity contribution < 1.29 is 9.13 Å². The van der Waals surface area contributed by atoms with Crippen molar-refractivity contribution in [2.45, 2.75) is 13.5 Å². The van der Waals surface area contributed by atoms with Crippen LogP contribution >= 0.6 is 22.6 Å². The molecule has 32 heavy (non-hydrogen) atoms. The zero-order chi connectivity index (χ0) is 23.2. The molecule has 0 N–H and O–H groups in total. The van der Waals surface area contributed by atoms with Gasteiger partial charge in [0, 0.05) is 16.7 Å². The number of fused-ring (bicyclic) bond motifs is 1. The highest BCUT2D eigenvalue weighted by atomic mass is 127. The highest BCUT2D eigenvalue weighted by molar-refractivity contribution is 14.1. The molecule has 0 saturated carbocycles. The summed E-state index contributed by atoms with van der Waals surface area (Å²) in [5.41, 5.74) is -0.560. The minimum atomic E-state index is -0.737. The maximum atomic E-state index is 15.0. The Morgan fingerprint density at radius 2 is 1.72 bits per heavy atom. The molecule has 0 fully saturated rings. The second-order valence-corrected chi connectivity index (χ2v) is 8.62. The summed E-state index contributed by atoms with van der Waals surface area (Å²) in [6.45, 7) is 1.60. The number of aryl methyl sites for hydroxylation is 2. The van der Waals surface area contributed by atoms with Crippen LogP contribution in [-0.2, 0) is 13.6 Å². The molecule has 0 radical (unpaired) electrons. The van der Waals surface area contributed by atoms with Gasteiger partial charge in [-0.2, -0.15) is 0 Å². The van der Waals surface area contributed by atoms with Gasteiger partial charge < -0.3 is 4.74 Å². The van der Waals surface area contributed by atoms with Crippen LogP contribution in [0.4, 0.5) is 4.39 Å². The van der Waals surface area contributed by atoms with E-state index in [2.05, 4.69) is 0 Å². The predicted molar refractivity (Wildman–Crippen MR) is 129 cm³/mol. The van der Waals surface area contributed by atoms with E-state index in [1.807, 2.05) is 22.6 Å². The Morgan fingerprint density at radius 1 is 1.03 bits per heavy atom. The molecule has 2 heterocycles. The lowest BCUT2D eigenvalue weighted by Gasteiger charge is -2.18. The van der Waals surface area contributed by atoms with Crippen molar-refractivity contribution >= 4 is 33.6 Å². The summed E-state index contributed by atoms with van der Waals surface area (Å²) in [6.07, 6.45) is 0. The van der Waals surface area contributed by atoms with Gasteiger partial charge in [-0.25, -0.2) is 13.8 Å². The summed E-state index contributed by atoms with van der Waals surface area (Å²) >= 11 is 1.97. The fraction of sp³-hybridized carbons (Fsp3) is 0.174. The number of halogens is 2. The van der Waals surface area contributed by atoms with Gasteiger partial charge >= 0.3 is 5.69 Å². The van der Waals surface area contributed by atoms with Crippen LogP contribution < -0.4 is 21.5 Å². The number of pyridine rings is 1. The zero-order valence-electron chi connectivity index (χ0n) is 17.6. The van der Waals surface area contributed by atoms with Gasteiger partial charge in [0.1, 0.15) is 17.2 Å². The van der Waals surface area contributed by atoms with Gasteiger partial charge in [-0.05, 0) is 71.0 Å². The molecular formula is C23H19FIN3O4. The maximum absolute atomic E-state index is 15.0. The predicted octanol–water partition coefficient (Wildman–Crippen LogP) is 2.96. The lowest BCUT2D eigenvalue weighted by molar-refractivity contribution is 0.414. The van der Waals surface area contributed by atoms with Gasteiger partial charge in [0.25, 0.3) is 11.1 Å². The molecule has 2 aromatic carbocycles. The van der Waals surface area contributed by atoms with E-state index in [4.69, 9.17) is 4.74 Å². The minimum Gasteiger partial charge on any atom is -0.497 e. The number of rotatable bonds is 4. The summed E-state index contributed by atoms with van der Waals surface area (Å²) in [5, 5.41) is 0.179. The Kier molecular flexibility index (Phi) is 5.76. The Labute approximate surface area is 195 Å². The number of ether oxygens (including phenoxy) is 1. The third-order valence-electron chi connectivity index (χ3n) is 5.35. The monoisotopic (exact) mass is 547 g/mol. The largest absolute Gasteiger partial charge is 0.497 e. The van der Waals surface area contributed by atoms with Crippen molar-refractivity contribution in [1.82, 2.24) is 13.7 Å². The van der Waals surface area contributed by atoms with E-state index >= 15 is 0 Å². The molecule has 0 saturated heterocycles. The molecular weight excluding hydrogens is 528 g/mol. The summed E-state index contributed by atoms with van der Waals surface area (Å²) in [7, 11) is 3.00. The Hall–Kier alpha value is -3.21. The fourth-order valence-electron chi connectivity index (χ4n) is 3.69. The van der Waals surface area contributed by atoms with Crippen molar-refractivity contribution in [3.05, 3.63) is 100 Å². The number of methoxy groups -OCH3 is 1. The second-order valence-electron chi connectivity index (χ2n) is 7.38. The SMILES string of the molecule is COc1ccc(Cn2c(=O)c3c(C)cc(=O)n(C)c3n(-c3ccc(I)cc3F)c2=O)cc1. The van der Waals surface area contributed by atoms with Gasteiger partial charge in [-0.15, -0.1) is 0 Å². The minimum absolute atomic E-state index is 0.0220. The van der Waals surface area contributed by atoms with Gasteiger partial charge in [-0.3, -0.25) is 18.7 Å². The van der Waals surface area contributed by atoms with Crippen molar-refractivity contribution in [2.24, 2.45) is 7.05 Å². The summed E-state index contributed by atoms with van der Waals surface area (Å²) in [6, 6.07) is 12.7. The molecule has 0 atom stereocenters. The smallest absolute Gasteiger partial charge is 0.337 e. The van der Waals surface area contributed by atoms with E-state index in [0.29, 0.717) is 20.4 Å². The number of hydrogen-bond acceptors (Lipinski definition) is 4. The molecule has 0 amide bonds. The molecule has 4 rings (SSSR count). The first-order valence-electron chi connectivity index (χ1n) is 9.67. The van der Waals surface area contributed by atoms with Crippen LogP contribution in [0.2, 0.25) is 0 Å². The topological polar surface area (TPSA) is 75.2 Å². The van der Waals surface area contributed by atoms with Crippen LogP contribution in [-0.4, -0.2) is 20.8 Å². The normalized spacial score (nSPS) is 11.2. The molecule has 2 aromatic heterocycles. The molecule has 164 valence electrons. The maximum Gasteiger partial charge on any atom is 0.337 e. The third kappa shape index (κ3) is 3.66. The molecule has 0 unspecified atom stereocenters. The fourth-order valence-corrected chi connectivity index (χ4v) is 4.15. The third-order valence-corrected chi connectivity index (χ3v) is 6.02. The van der Waals surface area contributed by atoms with Crippen molar-refractivity contribution in [3.8, 4) is 11.4 Å². The first-order valence-corrected chi connectivity index (χ1v) is 10.8. The van der Waals surface area contributed by atoms with Crippen LogP contribution in [0.3, 0.4) is 0 Å². The number of hydrogen-bond donors (Lipinski definition) is 0. The van der Waals surface area contributed by atoms with E-state index in [1.165, 1.54) is 29.8 Å². The van der Waals surface area contributed by atoms with Crippen LogP contribution in [0.25, 0.3) is 16.7 Å². The van der Waals surface area contributed by atoms with Gasteiger partial charge in [0.2, 0.25) is 0 Å². The number of benzene rings is 2. The van der Waals surface area contributed by atoms with E-state index in [-0.39, 0.29) is 23.3 Å². The average molecular weight is 547 g/mol. The molecule has 0 spiro atoms. The zero-order valence-corrected chi connectivity index (χ0v) is 19.7. The van der Waals surface area contributed by atoms with Crippen LogP contribution in [0, 0.1) is 16.3 Å². The van der Waals surface area contributed by atoms with Crippen molar-refractivity contribution in [1.29, 1.82) is 0 Å². The summed E-state index contributed by atoms with van der Waals surface area (Å²) in [5.74, 6) is 0.00715. The van der Waals surface area contributed by atoms with E-state index < -0.39 is 22.6 Å². The van der Waals surface area contributed by atoms with Gasteiger partial charge in [-0.1, -0.05) is 12.1 Å². The highest BCUT2D eigenvalue weighted by Crippen LogP contribution is 2.20. The molecule has 0 aliphatic heterocycles. The van der Waals surface area contributed by atoms with E-state index in [1.54, 1.807) is 44.4 Å². The molecule has 7 nitrogen and oxygen atoms in total. The molecule has 0 aliphatic rings. The van der Waals surface area contributed by atoms with E-state index in [0.717, 1.165) is 9.13 Å². The average Bonchev–Trinajstić information content (AvgIpc) is 2.76. The molecule has 0 bridgehead atoms. The van der Waals surface area contributed by atoms with Crippen molar-refractivity contribution in [2.75, 3.05) is 7.11 Å². The molecule has 9 heteroatoms. The Morgan fingerprint density at radius 3 is 2.34 bits per heavy atom. The summed E-state index contributed by atoms with van der Waals surface area (Å²) < 4.78 is 24.1. The molecule has 0 aliphatic carbocycles. The van der Waals surface area contributed by atoms with Crippen LogP contribution in [0.1, 0.15) is 11.1 Å². The lowest BCUT2D eigenvalue weighted by Crippen LogP contribution is -2.42. The Bertz CT molecular complexity index is 1540. The second kappa shape index (κ2) is 8.38. The van der Waals surface area contributed by atoms with Crippen LogP contribution in [0.5, 0.6) is 5.75 Å². The number of aromatic nitrogens is 3. The van der Waals surface area contributed by atoms with Gasteiger partial charge in [0.05, 0.1) is 24.7 Å². The quantitative estimate of drug-likeness (QED) is 0.369. The highest BCUT2D eigenvalue weighted by Gasteiger charge is 2.21. The van der Waals surface area contributed by atoms with Crippen LogP contribution in [0.15, 0.2) is 62.9 Å². The van der Waals surface area contributed by atoms with Crippen molar-refractivity contribution in [3.63, 3.8) is 0 Å². The first-order chi connectivity index (χ1) is 15.2. The first kappa shape index (κ1) is 22.0.